The summed E-state index contributed by atoms with van der Waals surface area (Å²) in [5, 5.41) is 19.4. The number of hydrogen-bond donors (Lipinski definition) is 2. The van der Waals surface area contributed by atoms with Gasteiger partial charge in [0.15, 0.2) is 5.69 Å². The second kappa shape index (κ2) is 4.69. The molecule has 17 heavy (non-hydrogen) atoms. The van der Waals surface area contributed by atoms with Crippen molar-refractivity contribution in [2.75, 3.05) is 11.9 Å². The first kappa shape index (κ1) is 11.8. The second-order valence-electron chi connectivity index (χ2n) is 4.71. The van der Waals surface area contributed by atoms with E-state index >= 15 is 0 Å². The Balaban J connectivity index is 1.89. The van der Waals surface area contributed by atoms with Crippen LogP contribution in [0.4, 0.5) is 5.82 Å². The van der Waals surface area contributed by atoms with Crippen LogP contribution in [0.3, 0.4) is 0 Å². The van der Waals surface area contributed by atoms with Crippen molar-refractivity contribution in [3.8, 4) is 0 Å². The molecule has 5 heteroatoms. The molecule has 92 valence electrons. The number of nitrogens with one attached hydrogen (secondary N) is 1. The summed E-state index contributed by atoms with van der Waals surface area (Å²) in [5.41, 5.74) is 0.423. The zero-order valence-electron chi connectivity index (χ0n) is 9.94. The molecular formula is C12H17N3O2. The van der Waals surface area contributed by atoms with Gasteiger partial charge in [0.25, 0.3) is 0 Å². The zero-order chi connectivity index (χ0) is 12.3. The number of carboxylic acids is 1. The van der Waals surface area contributed by atoms with Gasteiger partial charge in [-0.05, 0) is 36.8 Å². The molecule has 5 nitrogen and oxygen atoms in total. The van der Waals surface area contributed by atoms with Gasteiger partial charge < -0.3 is 10.4 Å². The molecule has 0 bridgehead atoms. The van der Waals surface area contributed by atoms with Gasteiger partial charge in [0, 0.05) is 6.54 Å². The van der Waals surface area contributed by atoms with E-state index in [0.717, 1.165) is 6.54 Å². The van der Waals surface area contributed by atoms with E-state index in [0.29, 0.717) is 11.2 Å². The van der Waals surface area contributed by atoms with Gasteiger partial charge >= 0.3 is 5.97 Å². The largest absolute Gasteiger partial charge is 0.476 e. The van der Waals surface area contributed by atoms with Gasteiger partial charge in [0.1, 0.15) is 5.82 Å². The first-order chi connectivity index (χ1) is 8.15. The fourth-order valence-electron chi connectivity index (χ4n) is 2.04. The fourth-order valence-corrected chi connectivity index (χ4v) is 2.04. The molecule has 0 atom stereocenters. The van der Waals surface area contributed by atoms with E-state index < -0.39 is 5.97 Å². The summed E-state index contributed by atoms with van der Waals surface area (Å²) in [7, 11) is 0. The van der Waals surface area contributed by atoms with Crippen molar-refractivity contribution in [1.29, 1.82) is 0 Å². The summed E-state index contributed by atoms with van der Waals surface area (Å²) in [6.45, 7) is 3.10. The second-order valence-corrected chi connectivity index (χ2v) is 4.71. The third-order valence-corrected chi connectivity index (χ3v) is 3.27. The highest BCUT2D eigenvalue weighted by atomic mass is 16.4. The van der Waals surface area contributed by atoms with Gasteiger partial charge in [0.2, 0.25) is 0 Å². The number of hydrogen-bond acceptors (Lipinski definition) is 4. The quantitative estimate of drug-likeness (QED) is 0.790. The monoisotopic (exact) mass is 235 g/mol. The van der Waals surface area contributed by atoms with Gasteiger partial charge in [-0.15, -0.1) is 10.2 Å². The van der Waals surface area contributed by atoms with Crippen LogP contribution in [0.2, 0.25) is 0 Å². The standard InChI is InChI=1S/C12H17N3O2/c1-2-5-12(6-7-12)8-13-10-4-3-9(11(16)17)14-15-10/h3-4H,2,5-8H2,1H3,(H,13,15)(H,16,17). The van der Waals surface area contributed by atoms with Crippen molar-refractivity contribution in [1.82, 2.24) is 10.2 Å². The molecule has 2 rings (SSSR count). The molecule has 0 unspecified atom stereocenters. The number of aromatic carboxylic acids is 1. The molecule has 0 amide bonds. The van der Waals surface area contributed by atoms with Crippen molar-refractivity contribution >= 4 is 11.8 Å². The van der Waals surface area contributed by atoms with Crippen molar-refractivity contribution < 1.29 is 9.90 Å². The number of rotatable bonds is 6. The lowest BCUT2D eigenvalue weighted by Crippen LogP contribution is -2.16. The van der Waals surface area contributed by atoms with Gasteiger partial charge in [0.05, 0.1) is 0 Å². The van der Waals surface area contributed by atoms with E-state index in [-0.39, 0.29) is 5.69 Å². The molecule has 0 radical (unpaired) electrons. The van der Waals surface area contributed by atoms with Crippen LogP contribution in [0.1, 0.15) is 43.1 Å². The predicted octanol–water partition coefficient (Wildman–Crippen LogP) is 2.17. The molecular weight excluding hydrogens is 218 g/mol. The van der Waals surface area contributed by atoms with Crippen LogP contribution in [-0.2, 0) is 0 Å². The van der Waals surface area contributed by atoms with E-state index in [2.05, 4.69) is 22.4 Å². The van der Waals surface area contributed by atoms with E-state index in [9.17, 15) is 4.79 Å². The Labute approximate surface area is 100 Å². The van der Waals surface area contributed by atoms with E-state index in [1.54, 1.807) is 6.07 Å². The van der Waals surface area contributed by atoms with Crippen LogP contribution < -0.4 is 5.32 Å². The molecule has 0 aliphatic heterocycles. The van der Waals surface area contributed by atoms with E-state index in [4.69, 9.17) is 5.11 Å². The number of carboxylic acid groups (broad SMARTS) is 1. The van der Waals surface area contributed by atoms with Crippen LogP contribution in [0, 0.1) is 5.41 Å². The summed E-state index contributed by atoms with van der Waals surface area (Å²) >= 11 is 0. The molecule has 1 aromatic heterocycles. The maximum atomic E-state index is 10.6. The molecule has 2 N–H and O–H groups in total. The Kier molecular flexibility index (Phi) is 3.26. The van der Waals surface area contributed by atoms with Crippen molar-refractivity contribution in [3.63, 3.8) is 0 Å². The Hall–Kier alpha value is -1.65. The highest BCUT2D eigenvalue weighted by molar-refractivity contribution is 5.85. The molecule has 1 saturated carbocycles. The topological polar surface area (TPSA) is 75.1 Å². The maximum absolute atomic E-state index is 10.6. The zero-order valence-corrected chi connectivity index (χ0v) is 9.94. The molecule has 1 aromatic rings. The molecule has 1 aliphatic carbocycles. The van der Waals surface area contributed by atoms with Crippen molar-refractivity contribution in [2.24, 2.45) is 5.41 Å². The van der Waals surface area contributed by atoms with Crippen molar-refractivity contribution in [2.45, 2.75) is 32.6 Å². The van der Waals surface area contributed by atoms with Gasteiger partial charge in [-0.2, -0.15) is 0 Å². The van der Waals surface area contributed by atoms with Crippen molar-refractivity contribution in [3.05, 3.63) is 17.8 Å². The highest BCUT2D eigenvalue weighted by Gasteiger charge is 2.41. The fraction of sp³-hybridized carbons (Fsp3) is 0.583. The summed E-state index contributed by atoms with van der Waals surface area (Å²) in [5.74, 6) is -0.397. The Morgan fingerprint density at radius 3 is 2.71 bits per heavy atom. The normalized spacial score (nSPS) is 16.5. The van der Waals surface area contributed by atoms with Crippen LogP contribution in [0.5, 0.6) is 0 Å². The molecule has 0 saturated heterocycles. The summed E-state index contributed by atoms with van der Waals surface area (Å²) < 4.78 is 0. The third-order valence-electron chi connectivity index (χ3n) is 3.27. The first-order valence-electron chi connectivity index (χ1n) is 5.96. The lowest BCUT2D eigenvalue weighted by atomic mass is 10.0. The molecule has 0 spiro atoms. The maximum Gasteiger partial charge on any atom is 0.356 e. The lowest BCUT2D eigenvalue weighted by Gasteiger charge is -2.14. The molecule has 1 fully saturated rings. The lowest BCUT2D eigenvalue weighted by molar-refractivity contribution is 0.0689. The van der Waals surface area contributed by atoms with Gasteiger partial charge in [-0.25, -0.2) is 4.79 Å². The molecule has 1 aliphatic rings. The minimum absolute atomic E-state index is 0.0229. The Bertz CT molecular complexity index is 399. The minimum Gasteiger partial charge on any atom is -0.476 e. The Morgan fingerprint density at radius 1 is 1.47 bits per heavy atom. The number of aromatic nitrogens is 2. The average Bonchev–Trinajstić information content (AvgIpc) is 3.08. The summed E-state index contributed by atoms with van der Waals surface area (Å²) in [6.07, 6.45) is 4.98. The van der Waals surface area contributed by atoms with Crippen LogP contribution >= 0.6 is 0 Å². The Morgan fingerprint density at radius 2 is 2.24 bits per heavy atom. The molecule has 1 heterocycles. The number of carbonyl (C=O) groups is 1. The average molecular weight is 235 g/mol. The first-order valence-corrected chi connectivity index (χ1v) is 5.96. The van der Waals surface area contributed by atoms with E-state index in [1.807, 2.05) is 0 Å². The number of anilines is 1. The third kappa shape index (κ3) is 2.93. The SMILES string of the molecule is CCCC1(CNc2ccc(C(=O)O)nn2)CC1. The predicted molar refractivity (Wildman–Crippen MR) is 64.1 cm³/mol. The van der Waals surface area contributed by atoms with Crippen LogP contribution in [-0.4, -0.2) is 27.8 Å². The summed E-state index contributed by atoms with van der Waals surface area (Å²) in [6, 6.07) is 3.13. The van der Waals surface area contributed by atoms with Gasteiger partial charge in [-0.3, -0.25) is 0 Å². The van der Waals surface area contributed by atoms with E-state index in [1.165, 1.54) is 31.7 Å². The smallest absolute Gasteiger partial charge is 0.356 e. The summed E-state index contributed by atoms with van der Waals surface area (Å²) in [4.78, 5) is 10.6. The van der Waals surface area contributed by atoms with Gasteiger partial charge in [-0.1, -0.05) is 13.3 Å². The van der Waals surface area contributed by atoms with Crippen LogP contribution in [0.15, 0.2) is 12.1 Å². The minimum atomic E-state index is -1.05. The van der Waals surface area contributed by atoms with Crippen LogP contribution in [0.25, 0.3) is 0 Å². The molecule has 0 aromatic carbocycles. The number of nitrogens with zero attached hydrogens (tertiary/aromatic N) is 2. The highest BCUT2D eigenvalue weighted by Crippen LogP contribution is 2.49.